The summed E-state index contributed by atoms with van der Waals surface area (Å²) in [5.41, 5.74) is 0.719. The van der Waals surface area contributed by atoms with Gasteiger partial charge in [-0.15, -0.1) is 0 Å². The van der Waals surface area contributed by atoms with E-state index in [1.807, 2.05) is 23.9 Å². The second-order valence-electron chi connectivity index (χ2n) is 4.05. The quantitative estimate of drug-likeness (QED) is 0.785. The average Bonchev–Trinajstić information content (AvgIpc) is 2.38. The fraction of sp³-hybridized carbons (Fsp3) is 0.571. The molecule has 1 atom stereocenters. The van der Waals surface area contributed by atoms with E-state index >= 15 is 0 Å². The molecule has 0 bridgehead atoms. The van der Waals surface area contributed by atoms with Crippen molar-refractivity contribution in [2.24, 2.45) is 0 Å². The molecular formula is C14H22FNOS. The van der Waals surface area contributed by atoms with E-state index in [-0.39, 0.29) is 5.82 Å². The third kappa shape index (κ3) is 4.50. The summed E-state index contributed by atoms with van der Waals surface area (Å²) >= 11 is 1.88. The molecule has 0 fully saturated rings. The lowest BCUT2D eigenvalue weighted by molar-refractivity contribution is 0.383. The van der Waals surface area contributed by atoms with E-state index in [1.165, 1.54) is 7.11 Å². The Labute approximate surface area is 113 Å². The van der Waals surface area contributed by atoms with Crippen molar-refractivity contribution in [3.05, 3.63) is 29.6 Å². The van der Waals surface area contributed by atoms with Gasteiger partial charge in [0.2, 0.25) is 0 Å². The van der Waals surface area contributed by atoms with E-state index in [0.717, 1.165) is 23.6 Å². The number of thioether (sulfide) groups is 1. The Bertz CT molecular complexity index is 360. The van der Waals surface area contributed by atoms with Gasteiger partial charge < -0.3 is 10.1 Å². The number of halogens is 1. The van der Waals surface area contributed by atoms with Gasteiger partial charge in [0, 0.05) is 11.8 Å². The normalized spacial score (nSPS) is 12.4. The van der Waals surface area contributed by atoms with Gasteiger partial charge in [-0.05, 0) is 30.3 Å². The number of nitrogens with one attached hydrogen (secondary N) is 1. The molecule has 0 amide bonds. The SMILES string of the molecule is CCNC(CSCC)Cc1cccc(OC)c1F. The summed E-state index contributed by atoms with van der Waals surface area (Å²) in [6.45, 7) is 5.12. The van der Waals surface area contributed by atoms with Gasteiger partial charge in [0.25, 0.3) is 0 Å². The van der Waals surface area contributed by atoms with Gasteiger partial charge in [0.15, 0.2) is 11.6 Å². The van der Waals surface area contributed by atoms with Gasteiger partial charge in [-0.2, -0.15) is 11.8 Å². The summed E-state index contributed by atoms with van der Waals surface area (Å²) < 4.78 is 19.0. The number of benzene rings is 1. The third-order valence-electron chi connectivity index (χ3n) is 2.75. The van der Waals surface area contributed by atoms with Crippen LogP contribution in [-0.2, 0) is 6.42 Å². The minimum absolute atomic E-state index is 0.232. The third-order valence-corrected chi connectivity index (χ3v) is 3.79. The molecule has 1 rings (SSSR count). The highest BCUT2D eigenvalue weighted by molar-refractivity contribution is 7.99. The van der Waals surface area contributed by atoms with Gasteiger partial charge in [-0.25, -0.2) is 4.39 Å². The number of rotatable bonds is 8. The standard InChI is InChI=1S/C14H22FNOS/c1-4-16-12(10-18-5-2)9-11-7-6-8-13(17-3)14(11)15/h6-8,12,16H,4-5,9-10H2,1-3H3. The average molecular weight is 271 g/mol. The number of ether oxygens (including phenoxy) is 1. The van der Waals surface area contributed by atoms with Crippen LogP contribution in [0.3, 0.4) is 0 Å². The molecule has 1 unspecified atom stereocenters. The van der Waals surface area contributed by atoms with Crippen molar-refractivity contribution in [3.63, 3.8) is 0 Å². The van der Waals surface area contributed by atoms with Gasteiger partial charge in [0.05, 0.1) is 7.11 Å². The summed E-state index contributed by atoms with van der Waals surface area (Å²) in [7, 11) is 1.50. The maximum absolute atomic E-state index is 14.0. The Morgan fingerprint density at radius 2 is 2.17 bits per heavy atom. The predicted molar refractivity (Wildman–Crippen MR) is 77.1 cm³/mol. The topological polar surface area (TPSA) is 21.3 Å². The summed E-state index contributed by atoms with van der Waals surface area (Å²) in [5, 5.41) is 3.40. The largest absolute Gasteiger partial charge is 0.494 e. The molecule has 0 spiro atoms. The molecule has 0 aliphatic rings. The number of methoxy groups -OCH3 is 1. The zero-order valence-corrected chi connectivity index (χ0v) is 12.1. The molecule has 1 N–H and O–H groups in total. The lowest BCUT2D eigenvalue weighted by Gasteiger charge is -2.18. The predicted octanol–water partition coefficient (Wildman–Crippen LogP) is 3.11. The number of hydrogen-bond donors (Lipinski definition) is 1. The van der Waals surface area contributed by atoms with E-state index in [4.69, 9.17) is 4.74 Å². The maximum Gasteiger partial charge on any atom is 0.168 e. The van der Waals surface area contributed by atoms with Crippen LogP contribution < -0.4 is 10.1 Å². The highest BCUT2D eigenvalue weighted by Gasteiger charge is 2.14. The van der Waals surface area contributed by atoms with Crippen molar-refractivity contribution in [3.8, 4) is 5.75 Å². The van der Waals surface area contributed by atoms with E-state index in [9.17, 15) is 4.39 Å². The second kappa shape index (κ2) is 8.38. The first-order valence-corrected chi connectivity index (χ1v) is 7.50. The minimum atomic E-state index is -0.232. The molecular weight excluding hydrogens is 249 g/mol. The van der Waals surface area contributed by atoms with Crippen molar-refractivity contribution in [2.45, 2.75) is 26.3 Å². The molecule has 4 heteroatoms. The zero-order chi connectivity index (χ0) is 13.4. The fourth-order valence-corrected chi connectivity index (χ4v) is 2.63. The molecule has 0 aromatic heterocycles. The highest BCUT2D eigenvalue weighted by atomic mass is 32.2. The van der Waals surface area contributed by atoms with Crippen LogP contribution in [0.25, 0.3) is 0 Å². The zero-order valence-electron chi connectivity index (χ0n) is 11.3. The van der Waals surface area contributed by atoms with Crippen molar-refractivity contribution in [2.75, 3.05) is 25.2 Å². The Hall–Kier alpha value is -0.740. The molecule has 0 radical (unpaired) electrons. The van der Waals surface area contributed by atoms with E-state index < -0.39 is 0 Å². The molecule has 0 aliphatic carbocycles. The molecule has 0 saturated carbocycles. The molecule has 18 heavy (non-hydrogen) atoms. The van der Waals surface area contributed by atoms with E-state index in [0.29, 0.717) is 18.2 Å². The molecule has 0 heterocycles. The summed E-state index contributed by atoms with van der Waals surface area (Å²) in [6, 6.07) is 5.63. The van der Waals surface area contributed by atoms with E-state index in [1.54, 1.807) is 6.07 Å². The lowest BCUT2D eigenvalue weighted by atomic mass is 10.1. The molecule has 1 aromatic rings. The van der Waals surface area contributed by atoms with Crippen LogP contribution in [0, 0.1) is 5.82 Å². The fourth-order valence-electron chi connectivity index (χ4n) is 1.88. The smallest absolute Gasteiger partial charge is 0.168 e. The Morgan fingerprint density at radius 1 is 1.39 bits per heavy atom. The van der Waals surface area contributed by atoms with Crippen LogP contribution in [0.5, 0.6) is 5.75 Å². The van der Waals surface area contributed by atoms with Crippen molar-refractivity contribution in [1.82, 2.24) is 5.32 Å². The maximum atomic E-state index is 14.0. The molecule has 0 aliphatic heterocycles. The highest BCUT2D eigenvalue weighted by Crippen LogP contribution is 2.21. The van der Waals surface area contributed by atoms with Gasteiger partial charge in [-0.1, -0.05) is 26.0 Å². The molecule has 1 aromatic carbocycles. The summed E-state index contributed by atoms with van der Waals surface area (Å²) in [5.74, 6) is 2.18. The van der Waals surface area contributed by atoms with Crippen LogP contribution in [0.4, 0.5) is 4.39 Å². The van der Waals surface area contributed by atoms with Crippen molar-refractivity contribution in [1.29, 1.82) is 0 Å². The Balaban J connectivity index is 2.73. The van der Waals surface area contributed by atoms with Crippen molar-refractivity contribution < 1.29 is 9.13 Å². The minimum Gasteiger partial charge on any atom is -0.494 e. The number of likely N-dealkylation sites (N-methyl/N-ethyl adjacent to an activating group) is 1. The van der Waals surface area contributed by atoms with Crippen LogP contribution in [0.15, 0.2) is 18.2 Å². The first kappa shape index (κ1) is 15.3. The van der Waals surface area contributed by atoms with Gasteiger partial charge in [0.1, 0.15) is 0 Å². The van der Waals surface area contributed by atoms with Crippen LogP contribution in [0.2, 0.25) is 0 Å². The lowest BCUT2D eigenvalue weighted by Crippen LogP contribution is -2.33. The van der Waals surface area contributed by atoms with Crippen LogP contribution >= 0.6 is 11.8 Å². The Morgan fingerprint density at radius 3 is 2.78 bits per heavy atom. The summed E-state index contributed by atoms with van der Waals surface area (Å²) in [4.78, 5) is 0. The Kier molecular flexibility index (Phi) is 7.13. The molecule has 0 saturated heterocycles. The summed E-state index contributed by atoms with van der Waals surface area (Å²) in [6.07, 6.45) is 0.698. The van der Waals surface area contributed by atoms with Crippen LogP contribution in [-0.4, -0.2) is 31.2 Å². The van der Waals surface area contributed by atoms with Gasteiger partial charge in [-0.3, -0.25) is 0 Å². The molecule has 2 nitrogen and oxygen atoms in total. The van der Waals surface area contributed by atoms with Crippen LogP contribution in [0.1, 0.15) is 19.4 Å². The second-order valence-corrected chi connectivity index (χ2v) is 5.37. The van der Waals surface area contributed by atoms with Crippen molar-refractivity contribution >= 4 is 11.8 Å². The monoisotopic (exact) mass is 271 g/mol. The first-order chi connectivity index (χ1) is 8.72. The number of hydrogen-bond acceptors (Lipinski definition) is 3. The van der Waals surface area contributed by atoms with E-state index in [2.05, 4.69) is 19.2 Å². The first-order valence-electron chi connectivity index (χ1n) is 6.35. The van der Waals surface area contributed by atoms with Gasteiger partial charge >= 0.3 is 0 Å². The molecule has 102 valence electrons.